The Kier molecular flexibility index (Phi) is 3.38. The SMILES string of the molecule is Cc1ccc(C(C)Nc2ncccc2F)cc1. The molecule has 2 nitrogen and oxygen atoms in total. The molecule has 0 amide bonds. The van der Waals surface area contributed by atoms with Crippen molar-refractivity contribution in [3.63, 3.8) is 0 Å². The van der Waals surface area contributed by atoms with Gasteiger partial charge in [-0.3, -0.25) is 0 Å². The summed E-state index contributed by atoms with van der Waals surface area (Å²) in [4.78, 5) is 3.98. The number of rotatable bonds is 3. The van der Waals surface area contributed by atoms with Crippen LogP contribution < -0.4 is 5.32 Å². The highest BCUT2D eigenvalue weighted by Crippen LogP contribution is 2.19. The topological polar surface area (TPSA) is 24.9 Å². The molecule has 0 bridgehead atoms. The predicted molar refractivity (Wildman–Crippen MR) is 67.4 cm³/mol. The third-order valence-electron chi connectivity index (χ3n) is 2.69. The Labute approximate surface area is 101 Å². The zero-order valence-electron chi connectivity index (χ0n) is 9.94. The first-order valence-electron chi connectivity index (χ1n) is 5.60. The van der Waals surface area contributed by atoms with E-state index in [1.54, 1.807) is 12.3 Å². The van der Waals surface area contributed by atoms with Crippen LogP contribution in [0.2, 0.25) is 0 Å². The monoisotopic (exact) mass is 230 g/mol. The third kappa shape index (κ3) is 2.81. The van der Waals surface area contributed by atoms with E-state index in [2.05, 4.69) is 10.3 Å². The fraction of sp³-hybridized carbons (Fsp3) is 0.214. The van der Waals surface area contributed by atoms with Crippen LogP contribution in [0.25, 0.3) is 0 Å². The van der Waals surface area contributed by atoms with Crippen LogP contribution in [0.4, 0.5) is 10.2 Å². The number of aryl methyl sites for hydroxylation is 1. The lowest BCUT2D eigenvalue weighted by Gasteiger charge is -2.15. The molecule has 0 saturated heterocycles. The first-order valence-corrected chi connectivity index (χ1v) is 5.60. The first kappa shape index (κ1) is 11.6. The molecule has 1 heterocycles. The van der Waals surface area contributed by atoms with E-state index in [1.165, 1.54) is 11.6 Å². The highest BCUT2D eigenvalue weighted by atomic mass is 19.1. The number of benzene rings is 1. The second kappa shape index (κ2) is 4.95. The maximum Gasteiger partial charge on any atom is 0.165 e. The van der Waals surface area contributed by atoms with Crippen molar-refractivity contribution in [2.24, 2.45) is 0 Å². The molecule has 0 aliphatic heterocycles. The van der Waals surface area contributed by atoms with Crippen molar-refractivity contribution in [3.8, 4) is 0 Å². The average molecular weight is 230 g/mol. The smallest absolute Gasteiger partial charge is 0.165 e. The number of anilines is 1. The molecule has 1 aromatic carbocycles. The van der Waals surface area contributed by atoms with Crippen LogP contribution in [0.1, 0.15) is 24.1 Å². The molecule has 88 valence electrons. The van der Waals surface area contributed by atoms with Crippen molar-refractivity contribution in [1.82, 2.24) is 4.98 Å². The largest absolute Gasteiger partial charge is 0.361 e. The number of aromatic nitrogens is 1. The second-order valence-electron chi connectivity index (χ2n) is 4.11. The van der Waals surface area contributed by atoms with Crippen molar-refractivity contribution in [3.05, 3.63) is 59.5 Å². The summed E-state index contributed by atoms with van der Waals surface area (Å²) in [5.74, 6) is -0.0352. The van der Waals surface area contributed by atoms with Crippen LogP contribution in [-0.4, -0.2) is 4.98 Å². The van der Waals surface area contributed by atoms with Crippen LogP contribution in [-0.2, 0) is 0 Å². The number of pyridine rings is 1. The first-order chi connectivity index (χ1) is 8.16. The van der Waals surface area contributed by atoms with Gasteiger partial charge in [0.15, 0.2) is 11.6 Å². The fourth-order valence-corrected chi connectivity index (χ4v) is 1.64. The highest BCUT2D eigenvalue weighted by molar-refractivity contribution is 5.39. The summed E-state index contributed by atoms with van der Waals surface area (Å²) in [5, 5.41) is 3.06. The predicted octanol–water partition coefficient (Wildman–Crippen LogP) is 3.70. The van der Waals surface area contributed by atoms with Crippen LogP contribution in [0.15, 0.2) is 42.6 Å². The van der Waals surface area contributed by atoms with Crippen molar-refractivity contribution >= 4 is 5.82 Å². The van der Waals surface area contributed by atoms with Gasteiger partial charge in [-0.05, 0) is 31.5 Å². The van der Waals surface area contributed by atoms with Gasteiger partial charge in [0.25, 0.3) is 0 Å². The van der Waals surface area contributed by atoms with E-state index in [9.17, 15) is 4.39 Å². The normalized spacial score (nSPS) is 12.2. The molecule has 1 N–H and O–H groups in total. The minimum atomic E-state index is -0.327. The van der Waals surface area contributed by atoms with Gasteiger partial charge in [-0.1, -0.05) is 29.8 Å². The second-order valence-corrected chi connectivity index (χ2v) is 4.11. The van der Waals surface area contributed by atoms with Crippen LogP contribution in [0, 0.1) is 12.7 Å². The molecule has 0 fully saturated rings. The van der Waals surface area contributed by atoms with E-state index in [-0.39, 0.29) is 11.9 Å². The van der Waals surface area contributed by atoms with Crippen LogP contribution in [0.3, 0.4) is 0 Å². The van der Waals surface area contributed by atoms with Gasteiger partial charge in [-0.2, -0.15) is 0 Å². The van der Waals surface area contributed by atoms with Gasteiger partial charge in [0.1, 0.15) is 0 Å². The zero-order chi connectivity index (χ0) is 12.3. The van der Waals surface area contributed by atoms with E-state index in [0.29, 0.717) is 5.82 Å². The maximum absolute atomic E-state index is 13.4. The number of nitrogens with zero attached hydrogens (tertiary/aromatic N) is 1. The summed E-state index contributed by atoms with van der Waals surface area (Å²) >= 11 is 0. The van der Waals surface area contributed by atoms with Gasteiger partial charge in [-0.25, -0.2) is 9.37 Å². The molecule has 2 rings (SSSR count). The summed E-state index contributed by atoms with van der Waals surface area (Å²) in [5.41, 5.74) is 2.32. The minimum absolute atomic E-state index is 0.0278. The Morgan fingerprint density at radius 2 is 1.88 bits per heavy atom. The van der Waals surface area contributed by atoms with Crippen molar-refractivity contribution < 1.29 is 4.39 Å². The van der Waals surface area contributed by atoms with E-state index in [1.807, 2.05) is 38.1 Å². The fourth-order valence-electron chi connectivity index (χ4n) is 1.64. The lowest BCUT2D eigenvalue weighted by atomic mass is 10.1. The molecule has 1 unspecified atom stereocenters. The van der Waals surface area contributed by atoms with E-state index < -0.39 is 0 Å². The number of halogens is 1. The Hall–Kier alpha value is -1.90. The molecule has 17 heavy (non-hydrogen) atoms. The molecular weight excluding hydrogens is 215 g/mol. The number of nitrogens with one attached hydrogen (secondary N) is 1. The van der Waals surface area contributed by atoms with Crippen molar-refractivity contribution in [2.75, 3.05) is 5.32 Å². The van der Waals surface area contributed by atoms with Gasteiger partial charge < -0.3 is 5.32 Å². The van der Waals surface area contributed by atoms with Gasteiger partial charge in [0, 0.05) is 6.20 Å². The van der Waals surface area contributed by atoms with Crippen LogP contribution in [0.5, 0.6) is 0 Å². The molecule has 0 radical (unpaired) electrons. The highest BCUT2D eigenvalue weighted by Gasteiger charge is 2.08. The Balaban J connectivity index is 2.14. The summed E-state index contributed by atoms with van der Waals surface area (Å²) in [6.07, 6.45) is 1.58. The third-order valence-corrected chi connectivity index (χ3v) is 2.69. The molecule has 1 aromatic heterocycles. The van der Waals surface area contributed by atoms with Gasteiger partial charge in [-0.15, -0.1) is 0 Å². The molecule has 0 aliphatic rings. The van der Waals surface area contributed by atoms with Gasteiger partial charge >= 0.3 is 0 Å². The Morgan fingerprint density at radius 3 is 2.53 bits per heavy atom. The summed E-state index contributed by atoms with van der Waals surface area (Å²) in [7, 11) is 0. The number of hydrogen-bond donors (Lipinski definition) is 1. The molecular formula is C14H15FN2. The number of hydrogen-bond acceptors (Lipinski definition) is 2. The average Bonchev–Trinajstić information content (AvgIpc) is 2.33. The van der Waals surface area contributed by atoms with Crippen molar-refractivity contribution in [1.29, 1.82) is 0 Å². The van der Waals surface area contributed by atoms with E-state index in [0.717, 1.165) is 5.56 Å². The lowest BCUT2D eigenvalue weighted by Crippen LogP contribution is -2.09. The molecule has 3 heteroatoms. The quantitative estimate of drug-likeness (QED) is 0.869. The van der Waals surface area contributed by atoms with Gasteiger partial charge in [0.05, 0.1) is 6.04 Å². The Bertz CT molecular complexity index is 494. The molecule has 0 spiro atoms. The standard InChI is InChI=1S/C14H15FN2/c1-10-5-7-12(8-6-10)11(2)17-14-13(15)4-3-9-16-14/h3-9,11H,1-2H3,(H,16,17). The minimum Gasteiger partial charge on any atom is -0.361 e. The lowest BCUT2D eigenvalue weighted by molar-refractivity contribution is 0.621. The van der Waals surface area contributed by atoms with Gasteiger partial charge in [0.2, 0.25) is 0 Å². The van der Waals surface area contributed by atoms with E-state index >= 15 is 0 Å². The maximum atomic E-state index is 13.4. The van der Waals surface area contributed by atoms with Crippen molar-refractivity contribution in [2.45, 2.75) is 19.9 Å². The Morgan fingerprint density at radius 1 is 1.18 bits per heavy atom. The van der Waals surface area contributed by atoms with E-state index in [4.69, 9.17) is 0 Å². The molecule has 2 aromatic rings. The molecule has 1 atom stereocenters. The summed E-state index contributed by atoms with van der Waals surface area (Å²) < 4.78 is 13.4. The zero-order valence-corrected chi connectivity index (χ0v) is 9.94. The summed E-state index contributed by atoms with van der Waals surface area (Å²) in [6.45, 7) is 4.03. The molecule has 0 saturated carbocycles. The molecule has 0 aliphatic carbocycles. The van der Waals surface area contributed by atoms with Crippen LogP contribution >= 0.6 is 0 Å². The summed E-state index contributed by atoms with van der Waals surface area (Å²) in [6, 6.07) is 11.2.